The van der Waals surface area contributed by atoms with Gasteiger partial charge in [0.05, 0.1) is 12.6 Å². The summed E-state index contributed by atoms with van der Waals surface area (Å²) >= 11 is 0. The van der Waals surface area contributed by atoms with Crippen molar-refractivity contribution in [2.75, 3.05) is 25.0 Å². The lowest BCUT2D eigenvalue weighted by atomic mass is 10.1. The summed E-state index contributed by atoms with van der Waals surface area (Å²) in [6.07, 6.45) is 2.56. The monoisotopic (exact) mass is 470 g/mol. The van der Waals surface area contributed by atoms with E-state index < -0.39 is 0 Å². The molecule has 7 nitrogen and oxygen atoms in total. The number of hydrogen-bond acceptors (Lipinski definition) is 5. The molecule has 1 fully saturated rings. The van der Waals surface area contributed by atoms with Gasteiger partial charge in [0.25, 0.3) is 0 Å². The molecule has 0 saturated carbocycles. The molecule has 0 radical (unpaired) electrons. The van der Waals surface area contributed by atoms with E-state index in [1.165, 1.54) is 24.1 Å². The highest BCUT2D eigenvalue weighted by Gasteiger charge is 2.14. The van der Waals surface area contributed by atoms with Crippen LogP contribution in [0.4, 0.5) is 5.69 Å². The van der Waals surface area contributed by atoms with Crippen molar-refractivity contribution in [3.8, 4) is 0 Å². The van der Waals surface area contributed by atoms with Gasteiger partial charge in [-0.15, -0.1) is 24.0 Å². The van der Waals surface area contributed by atoms with Gasteiger partial charge in [0.2, 0.25) is 5.89 Å². The largest absolute Gasteiger partial charge is 0.372 e. The molecule has 142 valence electrons. The molecular weight excluding hydrogens is 443 g/mol. The number of guanidine groups is 1. The fraction of sp³-hybridized carbons (Fsp3) is 0.500. The predicted octanol–water partition coefficient (Wildman–Crippen LogP) is 3.02. The SMILES string of the molecule is CN=C(NCc1noc(C)n1)NC(C)c1cccc(N2CCCC2)c1.I. The van der Waals surface area contributed by atoms with Crippen LogP contribution in [-0.2, 0) is 6.54 Å². The Morgan fingerprint density at radius 3 is 2.77 bits per heavy atom. The molecule has 1 aromatic heterocycles. The van der Waals surface area contributed by atoms with Crippen LogP contribution >= 0.6 is 24.0 Å². The molecule has 0 aliphatic carbocycles. The zero-order chi connectivity index (χ0) is 17.6. The van der Waals surface area contributed by atoms with Crippen LogP contribution in [0.25, 0.3) is 0 Å². The van der Waals surface area contributed by atoms with Gasteiger partial charge in [-0.05, 0) is 37.5 Å². The standard InChI is InChI=1S/C18H26N6O.HI/c1-13(15-7-6-8-16(11-15)24-9-4-5-10-24)21-18(19-3)20-12-17-22-14(2)25-23-17;/h6-8,11,13H,4-5,9-10,12H2,1-3H3,(H2,19,20,21);1H. The minimum absolute atomic E-state index is 0. The van der Waals surface area contributed by atoms with Gasteiger partial charge in [-0.2, -0.15) is 4.98 Å². The molecule has 1 atom stereocenters. The summed E-state index contributed by atoms with van der Waals surface area (Å²) in [4.78, 5) is 10.9. The van der Waals surface area contributed by atoms with Crippen molar-refractivity contribution in [1.29, 1.82) is 0 Å². The molecule has 0 bridgehead atoms. The topological polar surface area (TPSA) is 78.6 Å². The lowest BCUT2D eigenvalue weighted by molar-refractivity contribution is 0.386. The second kappa shape index (κ2) is 9.75. The van der Waals surface area contributed by atoms with Crippen LogP contribution in [0.3, 0.4) is 0 Å². The number of benzene rings is 1. The summed E-state index contributed by atoms with van der Waals surface area (Å²) in [6.45, 7) is 6.68. The maximum absolute atomic E-state index is 4.98. The molecule has 1 saturated heterocycles. The Balaban J connectivity index is 0.00000243. The van der Waals surface area contributed by atoms with E-state index in [-0.39, 0.29) is 30.0 Å². The third-order valence-corrected chi connectivity index (χ3v) is 4.40. The molecule has 1 unspecified atom stereocenters. The zero-order valence-electron chi connectivity index (χ0n) is 15.5. The van der Waals surface area contributed by atoms with Gasteiger partial charge < -0.3 is 20.1 Å². The van der Waals surface area contributed by atoms with Gasteiger partial charge in [0, 0.05) is 32.7 Å². The third-order valence-electron chi connectivity index (χ3n) is 4.40. The van der Waals surface area contributed by atoms with Crippen LogP contribution in [0, 0.1) is 6.92 Å². The van der Waals surface area contributed by atoms with E-state index in [0.29, 0.717) is 24.2 Å². The van der Waals surface area contributed by atoms with Crippen molar-refractivity contribution in [2.24, 2.45) is 4.99 Å². The number of anilines is 1. The fourth-order valence-electron chi connectivity index (χ4n) is 3.03. The van der Waals surface area contributed by atoms with Crippen LogP contribution in [0.15, 0.2) is 33.8 Å². The van der Waals surface area contributed by atoms with Crippen LogP contribution in [0.2, 0.25) is 0 Å². The number of aryl methyl sites for hydroxylation is 1. The summed E-state index contributed by atoms with van der Waals surface area (Å²) < 4.78 is 4.98. The van der Waals surface area contributed by atoms with Crippen LogP contribution in [-0.4, -0.2) is 36.2 Å². The van der Waals surface area contributed by atoms with Crippen molar-refractivity contribution in [3.63, 3.8) is 0 Å². The first-order valence-corrected chi connectivity index (χ1v) is 8.77. The van der Waals surface area contributed by atoms with Crippen LogP contribution in [0.5, 0.6) is 0 Å². The quantitative estimate of drug-likeness (QED) is 0.398. The summed E-state index contributed by atoms with van der Waals surface area (Å²) in [6, 6.07) is 8.86. The van der Waals surface area contributed by atoms with Crippen molar-refractivity contribution in [2.45, 2.75) is 39.3 Å². The molecule has 1 aliphatic heterocycles. The first-order chi connectivity index (χ1) is 12.2. The zero-order valence-corrected chi connectivity index (χ0v) is 17.9. The molecule has 2 N–H and O–H groups in total. The van der Waals surface area contributed by atoms with Gasteiger partial charge in [-0.25, -0.2) is 0 Å². The second-order valence-electron chi connectivity index (χ2n) is 6.31. The maximum Gasteiger partial charge on any atom is 0.223 e. The van der Waals surface area contributed by atoms with Gasteiger partial charge in [-0.3, -0.25) is 4.99 Å². The second-order valence-corrected chi connectivity index (χ2v) is 6.31. The Morgan fingerprint density at radius 2 is 2.12 bits per heavy atom. The van der Waals surface area contributed by atoms with Crippen molar-refractivity contribution in [3.05, 3.63) is 41.5 Å². The first kappa shape index (κ1) is 20.5. The molecule has 2 heterocycles. The van der Waals surface area contributed by atoms with E-state index in [9.17, 15) is 0 Å². The third kappa shape index (κ3) is 5.33. The molecule has 1 aliphatic rings. The van der Waals surface area contributed by atoms with E-state index in [2.05, 4.69) is 61.9 Å². The highest BCUT2D eigenvalue weighted by Crippen LogP contribution is 2.23. The van der Waals surface area contributed by atoms with Gasteiger partial charge in [0.15, 0.2) is 11.8 Å². The number of nitrogens with zero attached hydrogens (tertiary/aromatic N) is 4. The van der Waals surface area contributed by atoms with Crippen LogP contribution < -0.4 is 15.5 Å². The maximum atomic E-state index is 4.98. The van der Waals surface area contributed by atoms with E-state index in [4.69, 9.17) is 4.52 Å². The van der Waals surface area contributed by atoms with Crippen molar-refractivity contribution >= 4 is 35.6 Å². The Hall–Kier alpha value is -1.84. The molecule has 0 amide bonds. The number of nitrogens with one attached hydrogen (secondary N) is 2. The van der Waals surface area contributed by atoms with Gasteiger partial charge in [-0.1, -0.05) is 17.3 Å². The molecule has 3 rings (SSSR count). The summed E-state index contributed by atoms with van der Waals surface area (Å²) in [5.41, 5.74) is 2.54. The number of aromatic nitrogens is 2. The summed E-state index contributed by atoms with van der Waals surface area (Å²) in [5, 5.41) is 10.5. The Bertz CT molecular complexity index is 726. The molecule has 8 heteroatoms. The average molecular weight is 470 g/mol. The number of hydrogen-bond donors (Lipinski definition) is 2. The summed E-state index contributed by atoms with van der Waals surface area (Å²) in [7, 11) is 1.75. The van der Waals surface area contributed by atoms with E-state index in [1.807, 2.05) is 0 Å². The number of aliphatic imine (C=N–C) groups is 1. The fourth-order valence-corrected chi connectivity index (χ4v) is 3.03. The summed E-state index contributed by atoms with van der Waals surface area (Å²) in [5.74, 6) is 1.89. The van der Waals surface area contributed by atoms with E-state index >= 15 is 0 Å². The first-order valence-electron chi connectivity index (χ1n) is 8.77. The molecule has 0 spiro atoms. The normalized spacial score (nSPS) is 15.5. The average Bonchev–Trinajstić information content (AvgIpc) is 3.30. The number of halogens is 1. The Labute approximate surface area is 171 Å². The highest BCUT2D eigenvalue weighted by molar-refractivity contribution is 14.0. The number of rotatable bonds is 5. The Morgan fingerprint density at radius 1 is 1.35 bits per heavy atom. The van der Waals surface area contributed by atoms with E-state index in [1.54, 1.807) is 14.0 Å². The molecular formula is C18H27IN6O. The predicted molar refractivity (Wildman–Crippen MR) is 114 cm³/mol. The lowest BCUT2D eigenvalue weighted by Gasteiger charge is -2.22. The Kier molecular flexibility index (Phi) is 7.67. The van der Waals surface area contributed by atoms with Gasteiger partial charge in [0.1, 0.15) is 0 Å². The highest BCUT2D eigenvalue weighted by atomic mass is 127. The lowest BCUT2D eigenvalue weighted by Crippen LogP contribution is -2.38. The minimum Gasteiger partial charge on any atom is -0.372 e. The smallest absolute Gasteiger partial charge is 0.223 e. The van der Waals surface area contributed by atoms with Gasteiger partial charge >= 0.3 is 0 Å². The van der Waals surface area contributed by atoms with Crippen molar-refractivity contribution in [1.82, 2.24) is 20.8 Å². The molecule has 26 heavy (non-hydrogen) atoms. The molecule has 2 aromatic rings. The minimum atomic E-state index is 0. The molecule has 1 aromatic carbocycles. The van der Waals surface area contributed by atoms with Crippen molar-refractivity contribution < 1.29 is 4.52 Å². The van der Waals surface area contributed by atoms with Crippen LogP contribution in [0.1, 0.15) is 43.1 Å². The van der Waals surface area contributed by atoms with E-state index in [0.717, 1.165) is 13.1 Å².